The zero-order valence-corrected chi connectivity index (χ0v) is 12.7. The van der Waals surface area contributed by atoms with E-state index in [1.807, 2.05) is 30.5 Å². The van der Waals surface area contributed by atoms with Gasteiger partial charge in [-0.3, -0.25) is 4.79 Å². The number of rotatable bonds is 6. The monoisotopic (exact) mass is 294 g/mol. The summed E-state index contributed by atoms with van der Waals surface area (Å²) in [6, 6.07) is 7.64. The van der Waals surface area contributed by atoms with Gasteiger partial charge in [0, 0.05) is 17.0 Å². The molecule has 0 saturated carbocycles. The molecule has 1 aliphatic rings. The van der Waals surface area contributed by atoms with Gasteiger partial charge in [-0.15, -0.1) is 11.8 Å². The van der Waals surface area contributed by atoms with E-state index in [0.717, 1.165) is 30.8 Å². The summed E-state index contributed by atoms with van der Waals surface area (Å²) in [5.41, 5.74) is 0.699. The Bertz CT molecular complexity index is 416. The Hall–Kier alpha value is -1.04. The molecule has 1 aromatic carbocycles. The summed E-state index contributed by atoms with van der Waals surface area (Å²) in [5.74, 6) is -0.0356. The summed E-state index contributed by atoms with van der Waals surface area (Å²) < 4.78 is 5.75. The Morgan fingerprint density at radius 1 is 1.35 bits per heavy atom. The second kappa shape index (κ2) is 8.29. The largest absolute Gasteiger partial charge is 0.376 e. The van der Waals surface area contributed by atoms with Crippen molar-refractivity contribution in [2.75, 3.05) is 32.5 Å². The molecule has 1 saturated heterocycles. The van der Waals surface area contributed by atoms with Crippen LogP contribution < -0.4 is 10.6 Å². The van der Waals surface area contributed by atoms with Crippen molar-refractivity contribution in [2.45, 2.75) is 23.8 Å². The molecule has 5 heteroatoms. The first-order valence-electron chi connectivity index (χ1n) is 7.04. The SMILES string of the molecule is CSc1ccc(C(=O)NCCOC2CCNCC2)cc1. The van der Waals surface area contributed by atoms with Crippen LogP contribution in [-0.2, 0) is 4.74 Å². The van der Waals surface area contributed by atoms with Crippen LogP contribution in [0.4, 0.5) is 0 Å². The fourth-order valence-corrected chi connectivity index (χ4v) is 2.60. The second-order valence-corrected chi connectivity index (χ2v) is 5.68. The number of nitrogens with one attached hydrogen (secondary N) is 2. The molecule has 110 valence electrons. The number of benzene rings is 1. The van der Waals surface area contributed by atoms with Crippen LogP contribution in [0.2, 0.25) is 0 Å². The lowest BCUT2D eigenvalue weighted by atomic mass is 10.1. The zero-order valence-electron chi connectivity index (χ0n) is 11.9. The standard InChI is InChI=1S/C15H22N2O2S/c1-20-14-4-2-12(3-5-14)15(18)17-10-11-19-13-6-8-16-9-7-13/h2-5,13,16H,6-11H2,1H3,(H,17,18). The number of thioether (sulfide) groups is 1. The fourth-order valence-electron chi connectivity index (χ4n) is 2.20. The molecular formula is C15H22N2O2S. The third-order valence-electron chi connectivity index (χ3n) is 3.38. The molecule has 0 unspecified atom stereocenters. The molecule has 2 rings (SSSR count). The van der Waals surface area contributed by atoms with Gasteiger partial charge in [0.1, 0.15) is 0 Å². The number of ether oxygens (including phenoxy) is 1. The van der Waals surface area contributed by atoms with Crippen molar-refractivity contribution in [3.8, 4) is 0 Å². The van der Waals surface area contributed by atoms with E-state index in [1.54, 1.807) is 11.8 Å². The second-order valence-electron chi connectivity index (χ2n) is 4.80. The van der Waals surface area contributed by atoms with Crippen molar-refractivity contribution in [1.29, 1.82) is 0 Å². The molecule has 4 nitrogen and oxygen atoms in total. The number of carbonyl (C=O) groups excluding carboxylic acids is 1. The summed E-state index contributed by atoms with van der Waals surface area (Å²) in [5, 5.41) is 6.19. The van der Waals surface area contributed by atoms with E-state index in [0.29, 0.717) is 24.8 Å². The third-order valence-corrected chi connectivity index (χ3v) is 4.12. The molecule has 1 aromatic rings. The van der Waals surface area contributed by atoms with E-state index in [1.165, 1.54) is 0 Å². The van der Waals surface area contributed by atoms with Gasteiger partial charge in [0.15, 0.2) is 0 Å². The molecule has 2 N–H and O–H groups in total. The van der Waals surface area contributed by atoms with Crippen molar-refractivity contribution in [3.05, 3.63) is 29.8 Å². The minimum atomic E-state index is -0.0356. The number of carbonyl (C=O) groups is 1. The van der Waals surface area contributed by atoms with Gasteiger partial charge < -0.3 is 15.4 Å². The Morgan fingerprint density at radius 2 is 2.05 bits per heavy atom. The molecule has 1 fully saturated rings. The molecule has 20 heavy (non-hydrogen) atoms. The lowest BCUT2D eigenvalue weighted by molar-refractivity contribution is 0.0343. The molecule has 1 aliphatic heterocycles. The molecule has 0 aromatic heterocycles. The van der Waals surface area contributed by atoms with Crippen LogP contribution in [0.25, 0.3) is 0 Å². The van der Waals surface area contributed by atoms with Crippen molar-refractivity contribution in [1.82, 2.24) is 10.6 Å². The molecule has 0 radical (unpaired) electrons. The molecule has 0 spiro atoms. The predicted octanol–water partition coefficient (Wildman–Crippen LogP) is 1.91. The highest BCUT2D eigenvalue weighted by atomic mass is 32.2. The highest BCUT2D eigenvalue weighted by molar-refractivity contribution is 7.98. The van der Waals surface area contributed by atoms with Crippen molar-refractivity contribution in [3.63, 3.8) is 0 Å². The van der Waals surface area contributed by atoms with Crippen LogP contribution in [0, 0.1) is 0 Å². The number of hydrogen-bond donors (Lipinski definition) is 2. The highest BCUT2D eigenvalue weighted by Gasteiger charge is 2.13. The van der Waals surface area contributed by atoms with Gasteiger partial charge >= 0.3 is 0 Å². The van der Waals surface area contributed by atoms with Crippen LogP contribution >= 0.6 is 11.8 Å². The van der Waals surface area contributed by atoms with Crippen molar-refractivity contribution < 1.29 is 9.53 Å². The van der Waals surface area contributed by atoms with Gasteiger partial charge in [-0.1, -0.05) is 0 Å². The van der Waals surface area contributed by atoms with E-state index < -0.39 is 0 Å². The zero-order chi connectivity index (χ0) is 14.2. The first kappa shape index (κ1) is 15.4. The van der Waals surface area contributed by atoms with E-state index >= 15 is 0 Å². The fraction of sp³-hybridized carbons (Fsp3) is 0.533. The molecule has 1 heterocycles. The molecule has 0 atom stereocenters. The van der Waals surface area contributed by atoms with Crippen LogP contribution in [0.1, 0.15) is 23.2 Å². The van der Waals surface area contributed by atoms with Gasteiger partial charge in [-0.05, 0) is 56.5 Å². The predicted molar refractivity (Wildman–Crippen MR) is 82.4 cm³/mol. The van der Waals surface area contributed by atoms with Crippen LogP contribution in [0.5, 0.6) is 0 Å². The van der Waals surface area contributed by atoms with Crippen LogP contribution in [-0.4, -0.2) is 44.5 Å². The molecule has 0 bridgehead atoms. The first-order chi connectivity index (χ1) is 9.79. The summed E-state index contributed by atoms with van der Waals surface area (Å²) >= 11 is 1.67. The van der Waals surface area contributed by atoms with Gasteiger partial charge in [0.2, 0.25) is 0 Å². The van der Waals surface area contributed by atoms with Crippen molar-refractivity contribution >= 4 is 17.7 Å². The normalized spacial score (nSPS) is 16.1. The Kier molecular flexibility index (Phi) is 6.36. The maximum absolute atomic E-state index is 11.9. The lowest BCUT2D eigenvalue weighted by Gasteiger charge is -2.22. The topological polar surface area (TPSA) is 50.4 Å². The minimum absolute atomic E-state index is 0.0356. The molecule has 1 amide bonds. The Labute approximate surface area is 124 Å². The number of hydrogen-bond acceptors (Lipinski definition) is 4. The Balaban J connectivity index is 1.66. The number of piperidine rings is 1. The van der Waals surface area contributed by atoms with E-state index in [4.69, 9.17) is 4.74 Å². The highest BCUT2D eigenvalue weighted by Crippen LogP contribution is 2.14. The van der Waals surface area contributed by atoms with E-state index in [-0.39, 0.29) is 5.91 Å². The van der Waals surface area contributed by atoms with Crippen LogP contribution in [0.15, 0.2) is 29.2 Å². The summed E-state index contributed by atoms with van der Waals surface area (Å²) in [7, 11) is 0. The Morgan fingerprint density at radius 3 is 2.70 bits per heavy atom. The third kappa shape index (κ3) is 4.81. The first-order valence-corrected chi connectivity index (χ1v) is 8.26. The van der Waals surface area contributed by atoms with Crippen molar-refractivity contribution in [2.24, 2.45) is 0 Å². The summed E-state index contributed by atoms with van der Waals surface area (Å²) in [4.78, 5) is 13.1. The van der Waals surface area contributed by atoms with E-state index in [2.05, 4.69) is 10.6 Å². The van der Waals surface area contributed by atoms with Gasteiger partial charge in [-0.25, -0.2) is 0 Å². The number of amides is 1. The van der Waals surface area contributed by atoms with Crippen LogP contribution in [0.3, 0.4) is 0 Å². The maximum atomic E-state index is 11.9. The quantitative estimate of drug-likeness (QED) is 0.621. The van der Waals surface area contributed by atoms with Gasteiger partial charge in [0.25, 0.3) is 5.91 Å². The van der Waals surface area contributed by atoms with E-state index in [9.17, 15) is 4.79 Å². The summed E-state index contributed by atoms with van der Waals surface area (Å²) in [6.07, 6.45) is 4.48. The molecule has 0 aliphatic carbocycles. The smallest absolute Gasteiger partial charge is 0.251 e. The lowest BCUT2D eigenvalue weighted by Crippen LogP contribution is -2.34. The van der Waals surface area contributed by atoms with Gasteiger partial charge in [-0.2, -0.15) is 0 Å². The summed E-state index contributed by atoms with van der Waals surface area (Å²) in [6.45, 7) is 3.20. The molecular weight excluding hydrogens is 272 g/mol. The van der Waals surface area contributed by atoms with Gasteiger partial charge in [0.05, 0.1) is 12.7 Å². The minimum Gasteiger partial charge on any atom is -0.376 e. The average Bonchev–Trinajstić information content (AvgIpc) is 2.52. The maximum Gasteiger partial charge on any atom is 0.251 e. The average molecular weight is 294 g/mol.